The normalized spacial score (nSPS) is 19.4. The van der Waals surface area contributed by atoms with Gasteiger partial charge in [0.05, 0.1) is 38.3 Å². The number of carboxylic acids is 1. The van der Waals surface area contributed by atoms with Gasteiger partial charge in [-0.25, -0.2) is 4.98 Å². The Morgan fingerprint density at radius 2 is 1.73 bits per heavy atom. The lowest BCUT2D eigenvalue weighted by Gasteiger charge is -2.44. The molecule has 2 heterocycles. The Kier molecular flexibility index (Phi) is 11.1. The molecule has 0 unspecified atom stereocenters. The topological polar surface area (TPSA) is 103 Å². The number of carboxylic acid groups (broad SMARTS) is 1. The predicted molar refractivity (Wildman–Crippen MR) is 158 cm³/mol. The number of pyridine rings is 1. The zero-order chi connectivity index (χ0) is 28.5. The summed E-state index contributed by atoms with van der Waals surface area (Å²) >= 11 is 13.2. The highest BCUT2D eigenvalue weighted by Crippen LogP contribution is 2.39. The van der Waals surface area contributed by atoms with Gasteiger partial charge in [-0.3, -0.25) is 13.9 Å². The number of rotatable bonds is 10. The number of hydrogen-bond acceptors (Lipinski definition) is 7. The molecule has 1 saturated heterocycles. The smallest absolute Gasteiger partial charge is 0.306 e. The van der Waals surface area contributed by atoms with Gasteiger partial charge in [-0.2, -0.15) is 0 Å². The van der Waals surface area contributed by atoms with Gasteiger partial charge in [0.15, 0.2) is 0 Å². The lowest BCUT2D eigenvalue weighted by atomic mass is 9.99. The first-order valence-electron chi connectivity index (χ1n) is 12.9. The van der Waals surface area contributed by atoms with Gasteiger partial charge in [-0.05, 0) is 66.8 Å². The quantitative estimate of drug-likeness (QED) is 0.293. The van der Waals surface area contributed by atoms with Crippen molar-refractivity contribution >= 4 is 52.8 Å². The summed E-state index contributed by atoms with van der Waals surface area (Å²) in [6, 6.07) is 21.1. The Bertz CT molecular complexity index is 1240. The highest BCUT2D eigenvalue weighted by molar-refractivity contribution is 8.01. The molecule has 1 aliphatic heterocycles. The molecule has 3 aromatic rings. The lowest BCUT2D eigenvalue weighted by Crippen LogP contribution is -2.57. The zero-order valence-electron chi connectivity index (χ0n) is 21.7. The summed E-state index contributed by atoms with van der Waals surface area (Å²) in [4.78, 5) is 30.8. The fourth-order valence-corrected chi connectivity index (χ4v) is 5.70. The van der Waals surface area contributed by atoms with Crippen molar-refractivity contribution in [1.29, 1.82) is 0 Å². The third-order valence-electron chi connectivity index (χ3n) is 6.36. The molecule has 0 spiro atoms. The van der Waals surface area contributed by atoms with E-state index in [9.17, 15) is 19.8 Å². The summed E-state index contributed by atoms with van der Waals surface area (Å²) in [5, 5.41) is 21.5. The number of aliphatic hydroxyl groups is 1. The number of halogens is 2. The molecule has 3 atom stereocenters. The number of aliphatic carboxylic acids is 1. The van der Waals surface area contributed by atoms with Crippen molar-refractivity contribution in [1.82, 2.24) is 9.88 Å². The summed E-state index contributed by atoms with van der Waals surface area (Å²) in [5.74, 6) is -0.808. The maximum atomic E-state index is 13.4. The van der Waals surface area contributed by atoms with Gasteiger partial charge < -0.3 is 19.8 Å². The number of aliphatic hydroxyl groups excluding tert-OH is 1. The Labute approximate surface area is 248 Å². The molecule has 0 radical (unpaired) electrons. The first kappa shape index (κ1) is 30.1. The van der Waals surface area contributed by atoms with Crippen molar-refractivity contribution in [3.8, 4) is 0 Å². The maximum absolute atomic E-state index is 13.4. The van der Waals surface area contributed by atoms with Crippen LogP contribution in [0.3, 0.4) is 0 Å². The van der Waals surface area contributed by atoms with E-state index in [-0.39, 0.29) is 13.2 Å². The number of benzene rings is 2. The van der Waals surface area contributed by atoms with Crippen LogP contribution in [0.25, 0.3) is 0 Å². The first-order valence-corrected chi connectivity index (χ1v) is 14.5. The minimum absolute atomic E-state index is 0.126. The average molecular weight is 605 g/mol. The number of aromatic nitrogens is 1. The molecule has 1 aromatic heterocycles. The second-order valence-corrected chi connectivity index (χ2v) is 11.6. The minimum Gasteiger partial charge on any atom is -0.481 e. The SMILES string of the molecule is Clc1ccccc1.O=C(O)C[C@H]1OC[C@@H](c2ccc(Cl)cc2)N([C@@H](CO)CN(SC2CC2)c2ccccn2)C1=O. The number of amides is 1. The highest BCUT2D eigenvalue weighted by atomic mass is 35.5. The molecule has 212 valence electrons. The molecule has 8 nitrogen and oxygen atoms in total. The van der Waals surface area contributed by atoms with E-state index in [0.29, 0.717) is 16.8 Å². The molecule has 1 aliphatic carbocycles. The van der Waals surface area contributed by atoms with E-state index in [1.807, 2.05) is 65.0 Å². The Hall–Kier alpha value is -2.82. The van der Waals surface area contributed by atoms with E-state index in [4.69, 9.17) is 27.9 Å². The van der Waals surface area contributed by atoms with Crippen molar-refractivity contribution in [3.05, 3.63) is 94.6 Å². The summed E-state index contributed by atoms with van der Waals surface area (Å²) in [6.45, 7) is 0.176. The molecular formula is C29H31Cl2N3O5S. The van der Waals surface area contributed by atoms with E-state index in [0.717, 1.165) is 29.2 Å². The van der Waals surface area contributed by atoms with Crippen LogP contribution >= 0.6 is 35.1 Å². The number of ether oxygens (including phenoxy) is 1. The number of nitrogens with zero attached hydrogens (tertiary/aromatic N) is 3. The van der Waals surface area contributed by atoms with Gasteiger partial charge in [0.2, 0.25) is 0 Å². The van der Waals surface area contributed by atoms with Gasteiger partial charge in [0.25, 0.3) is 5.91 Å². The van der Waals surface area contributed by atoms with Crippen LogP contribution in [0, 0.1) is 0 Å². The largest absolute Gasteiger partial charge is 0.481 e. The standard InChI is InChI=1S/C23H26ClN3O5S.C6H5Cl/c24-16-6-4-15(5-7-16)19-14-32-20(11-22(29)30)23(31)27(19)17(13-28)12-26(33-18-8-9-18)21-3-1-2-10-25-21;7-6-4-2-1-3-5-6/h1-7,10,17-20,28H,8-9,11-14H2,(H,29,30);1-5H/t17-,19+,20-;/m1./s1. The van der Waals surface area contributed by atoms with Gasteiger partial charge in [0.1, 0.15) is 11.9 Å². The number of anilines is 1. The van der Waals surface area contributed by atoms with Crippen molar-refractivity contribution in [2.24, 2.45) is 0 Å². The van der Waals surface area contributed by atoms with E-state index in [1.165, 1.54) is 0 Å². The van der Waals surface area contributed by atoms with Gasteiger partial charge >= 0.3 is 5.97 Å². The molecule has 2 aliphatic rings. The van der Waals surface area contributed by atoms with Gasteiger partial charge in [-0.15, -0.1) is 0 Å². The van der Waals surface area contributed by atoms with E-state index < -0.39 is 36.5 Å². The first-order chi connectivity index (χ1) is 19.4. The number of hydrogen-bond donors (Lipinski definition) is 2. The third-order valence-corrected chi connectivity index (χ3v) is 8.22. The maximum Gasteiger partial charge on any atom is 0.306 e. The fraction of sp³-hybridized carbons (Fsp3) is 0.345. The van der Waals surface area contributed by atoms with Gasteiger partial charge in [-0.1, -0.05) is 59.6 Å². The predicted octanol–water partition coefficient (Wildman–Crippen LogP) is 5.50. The van der Waals surface area contributed by atoms with Crippen LogP contribution in [-0.4, -0.2) is 69.1 Å². The van der Waals surface area contributed by atoms with Crippen LogP contribution in [0.1, 0.15) is 30.9 Å². The third kappa shape index (κ3) is 8.59. The second kappa shape index (κ2) is 14.7. The molecule has 11 heteroatoms. The molecule has 5 rings (SSSR count). The molecule has 40 heavy (non-hydrogen) atoms. The van der Waals surface area contributed by atoms with Gasteiger partial charge in [0, 0.05) is 21.5 Å². The number of morpholine rings is 1. The molecule has 1 amide bonds. The second-order valence-electron chi connectivity index (χ2n) is 9.42. The number of carbonyl (C=O) groups excluding carboxylic acids is 1. The van der Waals surface area contributed by atoms with Crippen LogP contribution in [0.4, 0.5) is 5.82 Å². The summed E-state index contributed by atoms with van der Waals surface area (Å²) in [5.41, 5.74) is 0.805. The molecule has 2 fully saturated rings. The minimum atomic E-state index is -1.11. The van der Waals surface area contributed by atoms with Crippen LogP contribution in [0.15, 0.2) is 79.0 Å². The zero-order valence-corrected chi connectivity index (χ0v) is 24.0. The fourth-order valence-electron chi connectivity index (χ4n) is 4.24. The van der Waals surface area contributed by atoms with Crippen molar-refractivity contribution in [3.63, 3.8) is 0 Å². The van der Waals surface area contributed by atoms with Crippen LogP contribution < -0.4 is 4.31 Å². The molecule has 2 aromatic carbocycles. The van der Waals surface area contributed by atoms with E-state index in [1.54, 1.807) is 35.2 Å². The molecular weight excluding hydrogens is 573 g/mol. The van der Waals surface area contributed by atoms with Crippen molar-refractivity contribution < 1.29 is 24.5 Å². The summed E-state index contributed by atoms with van der Waals surface area (Å²) < 4.78 is 7.69. The monoisotopic (exact) mass is 603 g/mol. The lowest BCUT2D eigenvalue weighted by molar-refractivity contribution is -0.169. The highest BCUT2D eigenvalue weighted by Gasteiger charge is 2.42. The Balaban J connectivity index is 0.000000461. The van der Waals surface area contributed by atoms with Crippen LogP contribution in [0.5, 0.6) is 0 Å². The van der Waals surface area contributed by atoms with Crippen LogP contribution in [-0.2, 0) is 14.3 Å². The Morgan fingerprint density at radius 3 is 2.27 bits per heavy atom. The van der Waals surface area contributed by atoms with Crippen LogP contribution in [0.2, 0.25) is 10.0 Å². The van der Waals surface area contributed by atoms with Crippen molar-refractivity contribution in [2.45, 2.75) is 42.7 Å². The van der Waals surface area contributed by atoms with E-state index >= 15 is 0 Å². The average Bonchev–Trinajstić information content (AvgIpc) is 3.78. The summed E-state index contributed by atoms with van der Waals surface area (Å²) in [6.07, 6.45) is 2.41. The number of carbonyl (C=O) groups is 2. The molecule has 2 N–H and O–H groups in total. The summed E-state index contributed by atoms with van der Waals surface area (Å²) in [7, 11) is 0. The molecule has 0 bridgehead atoms. The molecule has 1 saturated carbocycles. The van der Waals surface area contributed by atoms with Crippen molar-refractivity contribution in [2.75, 3.05) is 24.1 Å². The van der Waals surface area contributed by atoms with E-state index in [2.05, 4.69) is 4.98 Å². The Morgan fingerprint density at radius 1 is 1.05 bits per heavy atom.